The van der Waals surface area contributed by atoms with Crippen molar-refractivity contribution in [3.63, 3.8) is 0 Å². The average Bonchev–Trinajstić information content (AvgIpc) is 2.94. The molecular weight excluding hydrogens is 334 g/mol. The molecule has 0 spiro atoms. The Hall–Kier alpha value is -1.07. The maximum Gasteiger partial charge on any atom is 0.257 e. The fraction of sp³-hybridized carbons (Fsp3) is 0.562. The van der Waals surface area contributed by atoms with E-state index in [0.717, 1.165) is 35.7 Å². The molecule has 2 N–H and O–H groups in total. The highest BCUT2D eigenvalue weighted by Gasteiger charge is 2.33. The van der Waals surface area contributed by atoms with E-state index in [1.807, 2.05) is 25.1 Å². The molecule has 0 bridgehead atoms. The highest BCUT2D eigenvalue weighted by molar-refractivity contribution is 9.10. The zero-order chi connectivity index (χ0) is 15.3. The Bertz CT molecular complexity index is 498. The zero-order valence-electron chi connectivity index (χ0n) is 12.3. The molecule has 0 aromatic heterocycles. The van der Waals surface area contributed by atoms with Gasteiger partial charge in [0.05, 0.1) is 11.1 Å². The SMILES string of the molecule is Cc1ccc(OCC(=O)NCC2(CO)CCCC2)c(Br)c1. The maximum atomic E-state index is 11.9. The van der Waals surface area contributed by atoms with Gasteiger partial charge < -0.3 is 15.2 Å². The molecule has 1 fully saturated rings. The molecule has 1 aliphatic rings. The van der Waals surface area contributed by atoms with E-state index in [0.29, 0.717) is 12.3 Å². The molecule has 0 unspecified atom stereocenters. The van der Waals surface area contributed by atoms with Crippen molar-refractivity contribution < 1.29 is 14.6 Å². The van der Waals surface area contributed by atoms with E-state index in [1.165, 1.54) is 0 Å². The van der Waals surface area contributed by atoms with Crippen LogP contribution in [-0.2, 0) is 4.79 Å². The van der Waals surface area contributed by atoms with Crippen molar-refractivity contribution in [2.75, 3.05) is 19.8 Å². The molecule has 0 aliphatic heterocycles. The molecule has 0 saturated heterocycles. The van der Waals surface area contributed by atoms with Gasteiger partial charge in [-0.15, -0.1) is 0 Å². The highest BCUT2D eigenvalue weighted by atomic mass is 79.9. The Morgan fingerprint density at radius 1 is 1.43 bits per heavy atom. The number of rotatable bonds is 6. The van der Waals surface area contributed by atoms with Gasteiger partial charge in [0.25, 0.3) is 5.91 Å². The number of halogens is 1. The molecule has 1 amide bonds. The van der Waals surface area contributed by atoms with Crippen molar-refractivity contribution in [2.45, 2.75) is 32.6 Å². The second-order valence-electron chi connectivity index (χ2n) is 5.86. The van der Waals surface area contributed by atoms with Crippen LogP contribution in [0.25, 0.3) is 0 Å². The van der Waals surface area contributed by atoms with E-state index >= 15 is 0 Å². The smallest absolute Gasteiger partial charge is 0.257 e. The van der Waals surface area contributed by atoms with Gasteiger partial charge in [-0.1, -0.05) is 18.9 Å². The van der Waals surface area contributed by atoms with Crippen LogP contribution < -0.4 is 10.1 Å². The van der Waals surface area contributed by atoms with Gasteiger partial charge in [0.15, 0.2) is 6.61 Å². The summed E-state index contributed by atoms with van der Waals surface area (Å²) in [4.78, 5) is 11.9. The number of aliphatic hydroxyl groups is 1. The molecule has 0 heterocycles. The van der Waals surface area contributed by atoms with E-state index in [-0.39, 0.29) is 24.5 Å². The molecule has 0 atom stereocenters. The molecule has 1 aromatic carbocycles. The molecular formula is C16H22BrNO3. The predicted molar refractivity (Wildman–Crippen MR) is 85.4 cm³/mol. The molecule has 21 heavy (non-hydrogen) atoms. The Balaban J connectivity index is 1.79. The van der Waals surface area contributed by atoms with Gasteiger partial charge in [0, 0.05) is 12.0 Å². The number of hydrogen-bond acceptors (Lipinski definition) is 3. The second kappa shape index (κ2) is 7.27. The number of nitrogens with one attached hydrogen (secondary N) is 1. The van der Waals surface area contributed by atoms with E-state index in [4.69, 9.17) is 4.74 Å². The van der Waals surface area contributed by atoms with E-state index < -0.39 is 0 Å². The van der Waals surface area contributed by atoms with E-state index in [9.17, 15) is 9.90 Å². The first-order valence-corrected chi connectivity index (χ1v) is 8.10. The van der Waals surface area contributed by atoms with Crippen LogP contribution in [0.1, 0.15) is 31.2 Å². The number of carbonyl (C=O) groups excluding carboxylic acids is 1. The van der Waals surface area contributed by atoms with Crippen LogP contribution >= 0.6 is 15.9 Å². The number of hydrogen-bond donors (Lipinski definition) is 2. The first kappa shape index (κ1) is 16.3. The summed E-state index contributed by atoms with van der Waals surface area (Å²) in [5.41, 5.74) is 1.00. The van der Waals surface area contributed by atoms with Crippen LogP contribution in [-0.4, -0.2) is 30.8 Å². The fourth-order valence-electron chi connectivity index (χ4n) is 2.72. The average molecular weight is 356 g/mol. The Morgan fingerprint density at radius 3 is 2.76 bits per heavy atom. The lowest BCUT2D eigenvalue weighted by atomic mass is 9.87. The number of benzene rings is 1. The zero-order valence-corrected chi connectivity index (χ0v) is 13.9. The summed E-state index contributed by atoms with van der Waals surface area (Å²) in [7, 11) is 0. The lowest BCUT2D eigenvalue weighted by molar-refractivity contribution is -0.123. The highest BCUT2D eigenvalue weighted by Crippen LogP contribution is 2.36. The summed E-state index contributed by atoms with van der Waals surface area (Å²) >= 11 is 3.42. The van der Waals surface area contributed by atoms with Crippen molar-refractivity contribution in [2.24, 2.45) is 5.41 Å². The molecule has 1 saturated carbocycles. The summed E-state index contributed by atoms with van der Waals surface area (Å²) in [6.45, 7) is 2.65. The number of ether oxygens (including phenoxy) is 1. The Morgan fingerprint density at radius 2 is 2.14 bits per heavy atom. The summed E-state index contributed by atoms with van der Waals surface area (Å²) in [5, 5.41) is 12.4. The van der Waals surface area contributed by atoms with Gasteiger partial charge in [-0.2, -0.15) is 0 Å². The summed E-state index contributed by atoms with van der Waals surface area (Å²) < 4.78 is 6.36. The fourth-order valence-corrected chi connectivity index (χ4v) is 3.33. The van der Waals surface area contributed by atoms with Crippen LogP contribution in [0.2, 0.25) is 0 Å². The van der Waals surface area contributed by atoms with E-state index in [2.05, 4.69) is 21.2 Å². The van der Waals surface area contributed by atoms with Crippen molar-refractivity contribution in [1.82, 2.24) is 5.32 Å². The molecule has 116 valence electrons. The summed E-state index contributed by atoms with van der Waals surface area (Å²) in [6.07, 6.45) is 4.22. The van der Waals surface area contributed by atoms with Gasteiger partial charge in [0.1, 0.15) is 5.75 Å². The standard InChI is InChI=1S/C16H22BrNO3/c1-12-4-5-14(13(17)8-12)21-9-15(20)18-10-16(11-19)6-2-3-7-16/h4-5,8,19H,2-3,6-7,9-11H2,1H3,(H,18,20). The third-order valence-corrected chi connectivity index (χ3v) is 4.73. The minimum Gasteiger partial charge on any atom is -0.483 e. The first-order valence-electron chi connectivity index (χ1n) is 7.31. The van der Waals surface area contributed by atoms with Crippen LogP contribution in [0.5, 0.6) is 5.75 Å². The monoisotopic (exact) mass is 355 g/mol. The first-order chi connectivity index (χ1) is 10.0. The minimum atomic E-state index is -0.151. The number of aliphatic hydroxyl groups excluding tert-OH is 1. The summed E-state index contributed by atoms with van der Waals surface area (Å²) in [5.74, 6) is 0.510. The van der Waals surface area contributed by atoms with Crippen LogP contribution in [0.15, 0.2) is 22.7 Å². The molecule has 0 radical (unpaired) electrons. The normalized spacial score (nSPS) is 16.7. The van der Waals surface area contributed by atoms with Crippen LogP contribution in [0.3, 0.4) is 0 Å². The molecule has 5 heteroatoms. The van der Waals surface area contributed by atoms with Gasteiger partial charge in [-0.05, 0) is 53.4 Å². The largest absolute Gasteiger partial charge is 0.483 e. The topological polar surface area (TPSA) is 58.6 Å². The minimum absolute atomic E-state index is 0.0107. The molecule has 1 aromatic rings. The lowest BCUT2D eigenvalue weighted by Gasteiger charge is -2.26. The van der Waals surface area contributed by atoms with Gasteiger partial charge in [0.2, 0.25) is 0 Å². The third kappa shape index (κ3) is 4.45. The van der Waals surface area contributed by atoms with Gasteiger partial charge >= 0.3 is 0 Å². The van der Waals surface area contributed by atoms with Crippen LogP contribution in [0.4, 0.5) is 0 Å². The van der Waals surface area contributed by atoms with Crippen molar-refractivity contribution in [1.29, 1.82) is 0 Å². The number of aryl methyl sites for hydroxylation is 1. The second-order valence-corrected chi connectivity index (χ2v) is 6.72. The molecule has 4 nitrogen and oxygen atoms in total. The van der Waals surface area contributed by atoms with Gasteiger partial charge in [-0.3, -0.25) is 4.79 Å². The number of carbonyl (C=O) groups is 1. The van der Waals surface area contributed by atoms with Crippen molar-refractivity contribution in [3.05, 3.63) is 28.2 Å². The molecule has 2 rings (SSSR count). The van der Waals surface area contributed by atoms with Crippen molar-refractivity contribution >= 4 is 21.8 Å². The predicted octanol–water partition coefficient (Wildman–Crippen LogP) is 2.81. The van der Waals surface area contributed by atoms with Crippen molar-refractivity contribution in [3.8, 4) is 5.75 Å². The van der Waals surface area contributed by atoms with Gasteiger partial charge in [-0.25, -0.2) is 0 Å². The maximum absolute atomic E-state index is 11.9. The number of amides is 1. The Kier molecular flexibility index (Phi) is 5.65. The quantitative estimate of drug-likeness (QED) is 0.824. The molecule has 1 aliphatic carbocycles. The Labute approximate surface area is 134 Å². The van der Waals surface area contributed by atoms with E-state index in [1.54, 1.807) is 0 Å². The van der Waals surface area contributed by atoms with Crippen LogP contribution in [0, 0.1) is 12.3 Å². The third-order valence-electron chi connectivity index (χ3n) is 4.11. The summed E-state index contributed by atoms with van der Waals surface area (Å²) in [6, 6.07) is 5.74. The lowest BCUT2D eigenvalue weighted by Crippen LogP contribution is -2.40.